The molecule has 0 spiro atoms. The highest BCUT2D eigenvalue weighted by molar-refractivity contribution is 5.97. The number of carbonyl (C=O) groups is 1. The normalized spacial score (nSPS) is 18.5. The Hall–Kier alpha value is -1.39. The third-order valence-electron chi connectivity index (χ3n) is 3.05. The molecule has 0 radical (unpaired) electrons. The Morgan fingerprint density at radius 1 is 1.37 bits per heavy atom. The van der Waals surface area contributed by atoms with Crippen molar-refractivity contribution in [2.24, 2.45) is 0 Å². The third-order valence-corrected chi connectivity index (χ3v) is 3.05. The standard InChI is InChI=1S/C15H20O4/c1-2-18-13-7-5-12(6-8-13)15(16)11-17-10-14-4-3-9-19-14/h5-8,14H,2-4,9-11H2,1H3. The Balaban J connectivity index is 1.75. The summed E-state index contributed by atoms with van der Waals surface area (Å²) in [5.41, 5.74) is 0.649. The molecule has 1 saturated heterocycles. The molecule has 1 aliphatic rings. The van der Waals surface area contributed by atoms with Crippen molar-refractivity contribution in [2.45, 2.75) is 25.9 Å². The minimum Gasteiger partial charge on any atom is -0.494 e. The second-order valence-electron chi connectivity index (χ2n) is 4.53. The van der Waals surface area contributed by atoms with Crippen molar-refractivity contribution >= 4 is 5.78 Å². The minimum atomic E-state index is -0.0129. The Bertz CT molecular complexity index is 393. The predicted molar refractivity (Wildman–Crippen MR) is 71.7 cm³/mol. The molecule has 0 aliphatic carbocycles. The lowest BCUT2D eigenvalue weighted by Crippen LogP contribution is -2.18. The van der Waals surface area contributed by atoms with Gasteiger partial charge < -0.3 is 14.2 Å². The zero-order valence-corrected chi connectivity index (χ0v) is 11.3. The summed E-state index contributed by atoms with van der Waals surface area (Å²) < 4.78 is 16.2. The van der Waals surface area contributed by atoms with Crippen molar-refractivity contribution in [2.75, 3.05) is 26.4 Å². The van der Waals surface area contributed by atoms with Crippen molar-refractivity contribution in [1.29, 1.82) is 0 Å². The largest absolute Gasteiger partial charge is 0.494 e. The summed E-state index contributed by atoms with van der Waals surface area (Å²) in [6.45, 7) is 3.97. The Labute approximate surface area is 113 Å². The molecule has 1 aromatic rings. The lowest BCUT2D eigenvalue weighted by Gasteiger charge is -2.09. The van der Waals surface area contributed by atoms with Crippen LogP contribution in [-0.2, 0) is 9.47 Å². The van der Waals surface area contributed by atoms with Gasteiger partial charge in [-0.15, -0.1) is 0 Å². The molecule has 0 aromatic heterocycles. The summed E-state index contributed by atoms with van der Waals surface area (Å²) in [6.07, 6.45) is 2.27. The topological polar surface area (TPSA) is 44.8 Å². The molecule has 1 aromatic carbocycles. The third kappa shape index (κ3) is 4.33. The first kappa shape index (κ1) is 14.0. The minimum absolute atomic E-state index is 0.0129. The summed E-state index contributed by atoms with van der Waals surface area (Å²) in [7, 11) is 0. The smallest absolute Gasteiger partial charge is 0.188 e. The number of hydrogen-bond acceptors (Lipinski definition) is 4. The molecular weight excluding hydrogens is 244 g/mol. The van der Waals surface area contributed by atoms with Crippen LogP contribution in [0.2, 0.25) is 0 Å². The summed E-state index contributed by atoms with van der Waals surface area (Å²) in [5.74, 6) is 0.764. The van der Waals surface area contributed by atoms with E-state index in [1.165, 1.54) is 0 Å². The molecule has 0 bridgehead atoms. The second kappa shape index (κ2) is 7.26. The van der Waals surface area contributed by atoms with Gasteiger partial charge in [0.25, 0.3) is 0 Å². The van der Waals surface area contributed by atoms with E-state index in [1.54, 1.807) is 24.3 Å². The summed E-state index contributed by atoms with van der Waals surface area (Å²) in [4.78, 5) is 11.9. The molecule has 2 rings (SSSR count). The van der Waals surface area contributed by atoms with Crippen LogP contribution < -0.4 is 4.74 Å². The zero-order valence-electron chi connectivity index (χ0n) is 11.3. The van der Waals surface area contributed by atoms with Crippen molar-refractivity contribution in [3.05, 3.63) is 29.8 Å². The van der Waals surface area contributed by atoms with Crippen LogP contribution in [0.25, 0.3) is 0 Å². The van der Waals surface area contributed by atoms with Gasteiger partial charge in [0.15, 0.2) is 5.78 Å². The Morgan fingerprint density at radius 3 is 2.79 bits per heavy atom. The van der Waals surface area contributed by atoms with Crippen molar-refractivity contribution < 1.29 is 19.0 Å². The highest BCUT2D eigenvalue weighted by atomic mass is 16.5. The van der Waals surface area contributed by atoms with Crippen LogP contribution in [0.1, 0.15) is 30.1 Å². The fourth-order valence-electron chi connectivity index (χ4n) is 2.05. The van der Waals surface area contributed by atoms with E-state index in [2.05, 4.69) is 0 Å². The van der Waals surface area contributed by atoms with E-state index in [-0.39, 0.29) is 18.5 Å². The van der Waals surface area contributed by atoms with Crippen molar-refractivity contribution in [1.82, 2.24) is 0 Å². The molecular formula is C15H20O4. The summed E-state index contributed by atoms with van der Waals surface area (Å²) >= 11 is 0. The maximum absolute atomic E-state index is 11.9. The lowest BCUT2D eigenvalue weighted by atomic mass is 10.1. The van der Waals surface area contributed by atoms with E-state index < -0.39 is 0 Å². The first-order valence-corrected chi connectivity index (χ1v) is 6.75. The number of hydrogen-bond donors (Lipinski definition) is 0. The van der Waals surface area contributed by atoms with Gasteiger partial charge in [-0.2, -0.15) is 0 Å². The van der Waals surface area contributed by atoms with Crippen LogP contribution in [0.15, 0.2) is 24.3 Å². The Morgan fingerprint density at radius 2 is 2.16 bits per heavy atom. The molecule has 1 atom stereocenters. The van der Waals surface area contributed by atoms with E-state index in [0.717, 1.165) is 25.2 Å². The molecule has 19 heavy (non-hydrogen) atoms. The van der Waals surface area contributed by atoms with Gasteiger partial charge in [-0.3, -0.25) is 4.79 Å². The van der Waals surface area contributed by atoms with Crippen LogP contribution in [0.3, 0.4) is 0 Å². The van der Waals surface area contributed by atoms with E-state index >= 15 is 0 Å². The SMILES string of the molecule is CCOc1ccc(C(=O)COCC2CCCO2)cc1. The average molecular weight is 264 g/mol. The first-order valence-electron chi connectivity index (χ1n) is 6.75. The van der Waals surface area contributed by atoms with E-state index in [1.807, 2.05) is 6.92 Å². The van der Waals surface area contributed by atoms with Crippen LogP contribution in [0.4, 0.5) is 0 Å². The van der Waals surface area contributed by atoms with E-state index in [4.69, 9.17) is 14.2 Å². The van der Waals surface area contributed by atoms with Gasteiger partial charge in [0.1, 0.15) is 12.4 Å². The lowest BCUT2D eigenvalue weighted by molar-refractivity contribution is 0.0190. The molecule has 0 amide bonds. The van der Waals surface area contributed by atoms with Gasteiger partial charge in [0, 0.05) is 12.2 Å². The number of rotatable bonds is 7. The Kier molecular flexibility index (Phi) is 5.36. The molecule has 104 valence electrons. The average Bonchev–Trinajstić information content (AvgIpc) is 2.93. The molecule has 1 fully saturated rings. The molecule has 4 nitrogen and oxygen atoms in total. The van der Waals surface area contributed by atoms with Gasteiger partial charge in [0.2, 0.25) is 0 Å². The quantitative estimate of drug-likeness (QED) is 0.710. The molecule has 1 unspecified atom stereocenters. The number of ketones is 1. The van der Waals surface area contributed by atoms with Gasteiger partial charge in [-0.25, -0.2) is 0 Å². The van der Waals surface area contributed by atoms with Gasteiger partial charge >= 0.3 is 0 Å². The highest BCUT2D eigenvalue weighted by Gasteiger charge is 2.16. The number of Topliss-reactive ketones (excluding diaryl/α,β-unsaturated/α-hetero) is 1. The van der Waals surface area contributed by atoms with E-state index in [9.17, 15) is 4.79 Å². The van der Waals surface area contributed by atoms with Crippen LogP contribution >= 0.6 is 0 Å². The monoisotopic (exact) mass is 264 g/mol. The van der Waals surface area contributed by atoms with Gasteiger partial charge in [-0.05, 0) is 44.0 Å². The molecule has 4 heteroatoms. The maximum atomic E-state index is 11.9. The fourth-order valence-corrected chi connectivity index (χ4v) is 2.05. The van der Waals surface area contributed by atoms with Crippen molar-refractivity contribution in [3.8, 4) is 5.75 Å². The predicted octanol–water partition coefficient (Wildman–Crippen LogP) is 2.46. The molecule has 0 N–H and O–H groups in total. The van der Waals surface area contributed by atoms with Crippen molar-refractivity contribution in [3.63, 3.8) is 0 Å². The summed E-state index contributed by atoms with van der Waals surface area (Å²) in [6, 6.07) is 7.14. The second-order valence-corrected chi connectivity index (χ2v) is 4.53. The van der Waals surface area contributed by atoms with Gasteiger partial charge in [0.05, 0.1) is 19.3 Å². The molecule has 1 aliphatic heterocycles. The fraction of sp³-hybridized carbons (Fsp3) is 0.533. The highest BCUT2D eigenvalue weighted by Crippen LogP contribution is 2.14. The van der Waals surface area contributed by atoms with Gasteiger partial charge in [-0.1, -0.05) is 0 Å². The molecule has 1 heterocycles. The number of ether oxygens (including phenoxy) is 3. The first-order chi connectivity index (χ1) is 9.29. The maximum Gasteiger partial charge on any atom is 0.188 e. The van der Waals surface area contributed by atoms with Crippen LogP contribution in [-0.4, -0.2) is 38.3 Å². The molecule has 0 saturated carbocycles. The number of carbonyl (C=O) groups excluding carboxylic acids is 1. The van der Waals surface area contributed by atoms with Crippen LogP contribution in [0.5, 0.6) is 5.75 Å². The zero-order chi connectivity index (χ0) is 13.5. The van der Waals surface area contributed by atoms with Crippen LogP contribution in [0, 0.1) is 0 Å². The number of benzene rings is 1. The summed E-state index contributed by atoms with van der Waals surface area (Å²) in [5, 5.41) is 0. The van der Waals surface area contributed by atoms with E-state index in [0.29, 0.717) is 18.8 Å².